The molecule has 4 aromatic heterocycles. The number of anilines is 3. The van der Waals surface area contributed by atoms with Crippen LogP contribution >= 0.6 is 8.53 Å². The molecule has 0 spiro atoms. The van der Waals surface area contributed by atoms with E-state index in [2.05, 4.69) is 118 Å². The molecular formula is C99H114N15O20P. The van der Waals surface area contributed by atoms with Crippen LogP contribution in [0.25, 0.3) is 33.4 Å². The van der Waals surface area contributed by atoms with Crippen molar-refractivity contribution in [3.8, 4) is 39.8 Å². The number of benzene rings is 7. The maximum atomic E-state index is 13.7. The van der Waals surface area contributed by atoms with Crippen LogP contribution in [-0.2, 0) is 47.9 Å². The Morgan fingerprint density at radius 2 is 1.10 bits per heavy atom. The molecule has 2 saturated heterocycles. The fourth-order valence-electron chi connectivity index (χ4n) is 17.9. The van der Waals surface area contributed by atoms with Crippen LogP contribution in [0.1, 0.15) is 155 Å². The van der Waals surface area contributed by atoms with E-state index in [9.17, 15) is 54.1 Å². The van der Waals surface area contributed by atoms with Crippen molar-refractivity contribution in [1.29, 1.82) is 5.26 Å². The SMILES string of the molecule is CN(CCCC(=O)Nc1ccn([C@H]2C[C@@H](O)[C@@H](CO)O2)c(=O)n1)C(=O)OCC1c2ccccc2-c2ccccc21.COc1ccc(C(OC[C@H]2O[C@@H](n3cnc4c(=O)[nH]c(NC(=O)CCCN(C)C(=O)OCC5c6ccccc6-c6ccccc65)nc43)C[C@H]2OP(OCCC#N)N(C(C)C)C(C)C)(c2ccccc2)c2ccc(OC)cc2)cc1.Nc1ccn([C@@H]2C[C@H](CO)[C@H](O)C2)c(=O)n1. The van der Waals surface area contributed by atoms with Gasteiger partial charge in [-0.25, -0.2) is 28.8 Å². The number of nitrogens with zero attached hydrogens (tertiary/aromatic N) is 11. The number of nitriles is 1. The summed E-state index contributed by atoms with van der Waals surface area (Å²) < 4.78 is 62.5. The van der Waals surface area contributed by atoms with Gasteiger partial charge in [0.1, 0.15) is 66.6 Å². The summed E-state index contributed by atoms with van der Waals surface area (Å²) in [6, 6.07) is 63.2. The molecule has 4 amide bonds. The number of aromatic amines is 1. The van der Waals surface area contributed by atoms with Crippen LogP contribution < -0.4 is 42.8 Å². The van der Waals surface area contributed by atoms with Gasteiger partial charge in [0.05, 0.1) is 71.2 Å². The molecule has 135 heavy (non-hydrogen) atoms. The Labute approximate surface area is 781 Å². The minimum absolute atomic E-state index is 0.00270. The van der Waals surface area contributed by atoms with Crippen molar-refractivity contribution in [3.63, 3.8) is 0 Å². The topological polar surface area (TPSA) is 449 Å². The summed E-state index contributed by atoms with van der Waals surface area (Å²) in [5, 5.41) is 52.6. The molecular weight excluding hydrogens is 1750 g/mol. The Morgan fingerprint density at radius 1 is 0.593 bits per heavy atom. The highest BCUT2D eigenvalue weighted by molar-refractivity contribution is 7.44. The molecule has 3 aliphatic carbocycles. The number of hydrogen-bond donors (Lipinski definition) is 8. The number of nitrogens with two attached hydrogens (primary N) is 1. The summed E-state index contributed by atoms with van der Waals surface area (Å²) in [5.74, 6) is 0.534. The van der Waals surface area contributed by atoms with Gasteiger partial charge in [-0.2, -0.15) is 20.2 Å². The Bertz CT molecular complexity index is 5990. The van der Waals surface area contributed by atoms with Crippen LogP contribution in [0.2, 0.25) is 0 Å². The number of nitrogens with one attached hydrogen (secondary N) is 3. The molecule has 1 unspecified atom stereocenters. The molecule has 7 aromatic carbocycles. The van der Waals surface area contributed by atoms with Crippen LogP contribution in [-0.4, -0.2) is 221 Å². The molecule has 710 valence electrons. The maximum absolute atomic E-state index is 13.7. The standard InChI is InChI=1S/C60H67N8O10P.C29H32N4O7.C10H15N3O3/c1-39(2)68(40(3)4)79(76-34-16-32-61)78-51-35-54(77-52(51)37-75-60(41-17-9-8-10-18-41,42-24-28-44(72-6)29-25-42)43-26-30-45(73-7)31-27-43)67-38-62-55-56(67)64-58(65-57(55)70)63-53(69)23-15-33-66(5)59(71)74-36-50-48-21-13-11-19-46(48)47-20-12-14-22-49(47)50;1-32(29(38)39-17-22-20-9-4-2-7-18(20)19-8-3-5-10-21(19)22)13-6-11-26(36)30-25-12-14-33(28(37)31-25)27-15-23(35)24(16-34)40-27;11-9-1-2-13(10(16)12-9)7-3-6(5-14)8(15)4-7/h8-14,17-22,24-31,38-40,50-52,54H,15-16,23,33-37H2,1-7H3,(H2,63,64,65,69,70);2-5,7-10,12,14,22-24,27,34-35H,6,11,13,15-17H2,1H3,(H,30,31,36,37);1-2,6-8,14-15H,3-5H2,(H2,11,12,16)/t51-,52-,54-,79?;23-,24-,27-;6-,7-,8-/m111/s1. The van der Waals surface area contributed by atoms with Crippen molar-refractivity contribution in [3.05, 3.63) is 277 Å². The number of carbonyl (C=O) groups excluding carboxylic acids is 4. The summed E-state index contributed by atoms with van der Waals surface area (Å²) in [7, 11) is 4.76. The summed E-state index contributed by atoms with van der Waals surface area (Å²) in [6.07, 6.45) is 0.866. The molecule has 6 heterocycles. The number of amides is 4. The molecule has 10 atom stereocenters. The summed E-state index contributed by atoms with van der Waals surface area (Å²) >= 11 is 0. The number of methoxy groups -OCH3 is 2. The van der Waals surface area contributed by atoms with E-state index < -0.39 is 92.1 Å². The second-order valence-corrected chi connectivity index (χ2v) is 35.6. The first-order chi connectivity index (χ1) is 65.3. The Hall–Kier alpha value is -13.0. The largest absolute Gasteiger partial charge is 0.497 e. The molecule has 3 fully saturated rings. The molecule has 9 N–H and O–H groups in total. The third-order valence-corrected chi connectivity index (χ3v) is 26.9. The molecule has 0 radical (unpaired) electrons. The normalized spacial score (nSPS) is 18.9. The highest BCUT2D eigenvalue weighted by Crippen LogP contribution is 2.52. The van der Waals surface area contributed by atoms with E-state index in [1.54, 1.807) is 45.1 Å². The molecule has 0 bridgehead atoms. The molecule has 2 aliphatic heterocycles. The Kier molecular flexibility index (Phi) is 33.0. The van der Waals surface area contributed by atoms with Gasteiger partial charge >= 0.3 is 23.6 Å². The first-order valence-corrected chi connectivity index (χ1v) is 46.2. The Balaban J connectivity index is 0.000000213. The van der Waals surface area contributed by atoms with Gasteiger partial charge in [0.2, 0.25) is 17.8 Å². The predicted octanol–water partition coefficient (Wildman–Crippen LogP) is 12.3. The Morgan fingerprint density at radius 3 is 1.59 bits per heavy atom. The maximum Gasteiger partial charge on any atom is 0.409 e. The number of carbonyl (C=O) groups is 4. The number of ether oxygens (including phenoxy) is 7. The number of hydrogen-bond acceptors (Lipinski definition) is 27. The van der Waals surface area contributed by atoms with E-state index in [0.717, 1.165) is 61.2 Å². The van der Waals surface area contributed by atoms with Crippen molar-refractivity contribution in [2.45, 2.75) is 164 Å². The zero-order valence-corrected chi connectivity index (χ0v) is 77.3. The lowest BCUT2D eigenvalue weighted by atomic mass is 9.80. The van der Waals surface area contributed by atoms with E-state index in [1.165, 1.54) is 37.5 Å². The number of aliphatic hydroxyl groups is 4. The summed E-state index contributed by atoms with van der Waals surface area (Å²) in [5.41, 5.74) is 14.4. The average molecular weight is 1870 g/mol. The van der Waals surface area contributed by atoms with Crippen LogP contribution in [0.4, 0.5) is 27.2 Å². The van der Waals surface area contributed by atoms with Gasteiger partial charge in [0.25, 0.3) is 14.1 Å². The second-order valence-electron chi connectivity index (χ2n) is 34.2. The van der Waals surface area contributed by atoms with Crippen molar-refractivity contribution in [1.82, 2.24) is 53.1 Å². The van der Waals surface area contributed by atoms with E-state index in [0.29, 0.717) is 43.7 Å². The van der Waals surface area contributed by atoms with Gasteiger partial charge in [-0.1, -0.05) is 152 Å². The molecule has 1 saturated carbocycles. The van der Waals surface area contributed by atoms with Crippen molar-refractivity contribution >= 4 is 61.3 Å². The molecule has 11 aromatic rings. The monoisotopic (exact) mass is 1860 g/mol. The average Bonchev–Trinajstić information content (AvgIpc) is 1.63. The molecule has 35 nitrogen and oxygen atoms in total. The third-order valence-electron chi connectivity index (χ3n) is 24.7. The number of fused-ring (bicyclic) bond motifs is 7. The van der Waals surface area contributed by atoms with Crippen molar-refractivity contribution in [2.24, 2.45) is 5.92 Å². The predicted molar refractivity (Wildman–Crippen MR) is 504 cm³/mol. The molecule has 5 aliphatic rings. The summed E-state index contributed by atoms with van der Waals surface area (Å²) in [4.78, 5) is 112. The van der Waals surface area contributed by atoms with Crippen molar-refractivity contribution < 1.29 is 81.8 Å². The number of rotatable bonds is 35. The first kappa shape index (κ1) is 98.1. The van der Waals surface area contributed by atoms with Crippen molar-refractivity contribution in [2.75, 3.05) is 97.4 Å². The highest BCUT2D eigenvalue weighted by atomic mass is 31.2. The number of nitrogen functional groups attached to an aromatic ring is 1. The highest BCUT2D eigenvalue weighted by Gasteiger charge is 2.47. The minimum Gasteiger partial charge on any atom is -0.497 e. The lowest BCUT2D eigenvalue weighted by molar-refractivity contribution is -0.117. The third kappa shape index (κ3) is 23.0. The first-order valence-electron chi connectivity index (χ1n) is 45.0. The number of aromatic nitrogens is 8. The van der Waals surface area contributed by atoms with E-state index >= 15 is 0 Å². The fraction of sp³-hybridized carbons (Fsp3) is 0.394. The molecule has 36 heteroatoms. The van der Waals surface area contributed by atoms with Gasteiger partial charge in [-0.3, -0.25) is 38.4 Å². The van der Waals surface area contributed by atoms with Crippen LogP contribution in [0.5, 0.6) is 11.5 Å². The quantitative estimate of drug-likeness (QED) is 0.0104. The van der Waals surface area contributed by atoms with E-state index in [-0.39, 0.29) is 149 Å². The number of imidazole rings is 1. The van der Waals surface area contributed by atoms with Crippen LogP contribution in [0.3, 0.4) is 0 Å². The summed E-state index contributed by atoms with van der Waals surface area (Å²) in [6.45, 7) is 8.99. The van der Waals surface area contributed by atoms with Gasteiger partial charge in [-0.15, -0.1) is 0 Å². The van der Waals surface area contributed by atoms with E-state index in [1.807, 2.05) is 127 Å². The van der Waals surface area contributed by atoms with Crippen LogP contribution in [0.15, 0.2) is 221 Å². The number of aliphatic hydroxyl groups excluding tert-OH is 4. The fourth-order valence-corrected chi connectivity index (χ4v) is 19.7. The van der Waals surface area contributed by atoms with Gasteiger partial charge in [0.15, 0.2) is 11.2 Å². The van der Waals surface area contributed by atoms with Gasteiger partial charge in [0, 0.05) is 108 Å². The zero-order chi connectivity index (χ0) is 95.6. The zero-order valence-electron chi connectivity index (χ0n) is 76.4. The van der Waals surface area contributed by atoms with Gasteiger partial charge in [-0.05, 0) is 151 Å². The smallest absolute Gasteiger partial charge is 0.409 e. The van der Waals surface area contributed by atoms with E-state index in [4.69, 9.17) is 58.0 Å². The number of H-pyrrole nitrogens is 1. The van der Waals surface area contributed by atoms with Gasteiger partial charge < -0.3 is 83.5 Å². The minimum atomic E-state index is -1.75. The lowest BCUT2D eigenvalue weighted by Gasteiger charge is -2.39. The van der Waals surface area contributed by atoms with Crippen LogP contribution in [0, 0.1) is 17.2 Å². The molecule has 16 rings (SSSR count). The lowest BCUT2D eigenvalue weighted by Crippen LogP contribution is -2.39. The second kappa shape index (κ2) is 45.4.